The molecule has 0 fully saturated rings. The van der Waals surface area contributed by atoms with Crippen LogP contribution in [-0.2, 0) is 9.53 Å². The van der Waals surface area contributed by atoms with E-state index in [1.54, 1.807) is 14.0 Å². The molecule has 0 aliphatic heterocycles. The van der Waals surface area contributed by atoms with Crippen LogP contribution in [-0.4, -0.2) is 32.3 Å². The predicted octanol–water partition coefficient (Wildman–Crippen LogP) is 2.02. The van der Waals surface area contributed by atoms with E-state index in [1.165, 1.54) is 0 Å². The number of ether oxygens (including phenoxy) is 2. The third-order valence-electron chi connectivity index (χ3n) is 3.26. The number of methoxy groups -OCH3 is 1. The Morgan fingerprint density at radius 1 is 1.38 bits per heavy atom. The number of nitrogens with one attached hydrogen (secondary N) is 1. The normalized spacial score (nSPS) is 13.5. The monoisotopic (exact) mass is 294 g/mol. The molecule has 5 nitrogen and oxygen atoms in total. The molecule has 1 aromatic rings. The highest BCUT2D eigenvalue weighted by Gasteiger charge is 2.17. The molecule has 0 radical (unpaired) electrons. The first-order chi connectivity index (χ1) is 10.1. The van der Waals surface area contributed by atoms with Crippen molar-refractivity contribution >= 4 is 5.91 Å². The van der Waals surface area contributed by atoms with E-state index < -0.39 is 6.10 Å². The van der Waals surface area contributed by atoms with E-state index in [9.17, 15) is 4.79 Å². The van der Waals surface area contributed by atoms with Crippen LogP contribution in [0.15, 0.2) is 24.3 Å². The van der Waals surface area contributed by atoms with E-state index in [2.05, 4.69) is 5.32 Å². The lowest BCUT2D eigenvalue weighted by molar-refractivity contribution is -0.127. The van der Waals surface area contributed by atoms with E-state index >= 15 is 0 Å². The van der Waals surface area contributed by atoms with Crippen molar-refractivity contribution in [3.05, 3.63) is 29.8 Å². The molecule has 0 saturated heterocycles. The Kier molecular flexibility index (Phi) is 7.79. The number of hydrogen-bond donors (Lipinski definition) is 2. The molecule has 118 valence electrons. The summed E-state index contributed by atoms with van der Waals surface area (Å²) in [5.74, 6) is 0.539. The Labute approximate surface area is 126 Å². The summed E-state index contributed by atoms with van der Waals surface area (Å²) in [5.41, 5.74) is 7.00. The molecule has 0 bridgehead atoms. The van der Waals surface area contributed by atoms with Crippen LogP contribution in [0.4, 0.5) is 0 Å². The largest absolute Gasteiger partial charge is 0.481 e. The number of benzene rings is 1. The summed E-state index contributed by atoms with van der Waals surface area (Å²) in [7, 11) is 1.64. The van der Waals surface area contributed by atoms with Crippen molar-refractivity contribution < 1.29 is 14.3 Å². The van der Waals surface area contributed by atoms with Gasteiger partial charge >= 0.3 is 0 Å². The average Bonchev–Trinajstić information content (AvgIpc) is 2.51. The van der Waals surface area contributed by atoms with Gasteiger partial charge in [0.1, 0.15) is 5.75 Å². The second-order valence-electron chi connectivity index (χ2n) is 4.95. The highest BCUT2D eigenvalue weighted by molar-refractivity contribution is 5.80. The van der Waals surface area contributed by atoms with E-state index in [4.69, 9.17) is 15.2 Å². The van der Waals surface area contributed by atoms with Crippen molar-refractivity contribution in [2.75, 3.05) is 20.3 Å². The Morgan fingerprint density at radius 2 is 2.10 bits per heavy atom. The van der Waals surface area contributed by atoms with Crippen molar-refractivity contribution in [2.24, 2.45) is 5.73 Å². The molecule has 21 heavy (non-hydrogen) atoms. The Balaban J connectivity index is 2.58. The molecule has 2 atom stereocenters. The van der Waals surface area contributed by atoms with Gasteiger partial charge in [-0.2, -0.15) is 0 Å². The Bertz CT molecular complexity index is 437. The molecule has 5 heteroatoms. The van der Waals surface area contributed by atoms with Crippen LogP contribution in [0.3, 0.4) is 0 Å². The molecule has 1 aromatic carbocycles. The van der Waals surface area contributed by atoms with Crippen LogP contribution in [0.2, 0.25) is 0 Å². The molecule has 0 spiro atoms. The molecule has 0 aliphatic carbocycles. The van der Waals surface area contributed by atoms with Gasteiger partial charge in [0, 0.05) is 31.9 Å². The smallest absolute Gasteiger partial charge is 0.260 e. The third-order valence-corrected chi connectivity index (χ3v) is 3.26. The maximum atomic E-state index is 12.0. The van der Waals surface area contributed by atoms with E-state index in [1.807, 2.05) is 31.2 Å². The van der Waals surface area contributed by atoms with Gasteiger partial charge in [0.15, 0.2) is 6.10 Å². The minimum atomic E-state index is -0.558. The zero-order valence-electron chi connectivity index (χ0n) is 13.1. The summed E-state index contributed by atoms with van der Waals surface area (Å²) >= 11 is 0. The molecule has 1 rings (SSSR count). The fourth-order valence-corrected chi connectivity index (χ4v) is 1.93. The Morgan fingerprint density at radius 3 is 2.76 bits per heavy atom. The fraction of sp³-hybridized carbons (Fsp3) is 0.562. The maximum absolute atomic E-state index is 12.0. The van der Waals surface area contributed by atoms with Crippen LogP contribution in [0.25, 0.3) is 0 Å². The first-order valence-electron chi connectivity index (χ1n) is 7.38. The highest BCUT2D eigenvalue weighted by Crippen LogP contribution is 2.26. The number of rotatable bonds is 9. The van der Waals surface area contributed by atoms with Gasteiger partial charge < -0.3 is 20.5 Å². The molecule has 1 unspecified atom stereocenters. The first-order valence-corrected chi connectivity index (χ1v) is 7.38. The number of para-hydroxylation sites is 1. The standard InChI is InChI=1S/C16H26N2O3/c1-4-14(17)13-8-5-6-9-15(13)21-12(2)16(19)18-10-7-11-20-3/h5-6,8-9,12,14H,4,7,10-11,17H2,1-3H3,(H,18,19)/t12?,14-/m1/s1. The topological polar surface area (TPSA) is 73.6 Å². The molecule has 0 aromatic heterocycles. The number of amides is 1. The molecular weight excluding hydrogens is 268 g/mol. The number of carbonyl (C=O) groups excluding carboxylic acids is 1. The maximum Gasteiger partial charge on any atom is 0.260 e. The van der Waals surface area contributed by atoms with Crippen molar-refractivity contribution in [2.45, 2.75) is 38.8 Å². The zero-order valence-corrected chi connectivity index (χ0v) is 13.1. The van der Waals surface area contributed by atoms with Gasteiger partial charge in [0.25, 0.3) is 5.91 Å². The second kappa shape index (κ2) is 9.37. The van der Waals surface area contributed by atoms with Crippen LogP contribution in [0.5, 0.6) is 5.75 Å². The summed E-state index contributed by atoms with van der Waals surface area (Å²) in [5, 5.41) is 2.82. The second-order valence-corrected chi connectivity index (χ2v) is 4.95. The lowest BCUT2D eigenvalue weighted by Gasteiger charge is -2.19. The van der Waals surface area contributed by atoms with Gasteiger partial charge in [-0.05, 0) is 25.8 Å². The highest BCUT2D eigenvalue weighted by atomic mass is 16.5. The van der Waals surface area contributed by atoms with Crippen LogP contribution in [0.1, 0.15) is 38.3 Å². The van der Waals surface area contributed by atoms with E-state index in [-0.39, 0.29) is 11.9 Å². The van der Waals surface area contributed by atoms with Gasteiger partial charge in [-0.1, -0.05) is 25.1 Å². The molecule has 3 N–H and O–H groups in total. The zero-order chi connectivity index (χ0) is 15.7. The number of nitrogens with two attached hydrogens (primary N) is 1. The molecule has 0 saturated carbocycles. The molecule has 0 heterocycles. The minimum Gasteiger partial charge on any atom is -0.481 e. The Hall–Kier alpha value is -1.59. The summed E-state index contributed by atoms with van der Waals surface area (Å²) in [4.78, 5) is 12.0. The van der Waals surface area contributed by atoms with Gasteiger partial charge in [-0.25, -0.2) is 0 Å². The van der Waals surface area contributed by atoms with Crippen molar-refractivity contribution in [3.8, 4) is 5.75 Å². The molecule has 1 amide bonds. The quantitative estimate of drug-likeness (QED) is 0.683. The fourth-order valence-electron chi connectivity index (χ4n) is 1.93. The van der Waals surface area contributed by atoms with Crippen LogP contribution >= 0.6 is 0 Å². The number of hydrogen-bond acceptors (Lipinski definition) is 4. The van der Waals surface area contributed by atoms with Gasteiger partial charge in [0.05, 0.1) is 0 Å². The average molecular weight is 294 g/mol. The SMILES string of the molecule is CC[C@@H](N)c1ccccc1OC(C)C(=O)NCCCOC. The molecule has 0 aliphatic rings. The van der Waals surface area contributed by atoms with Crippen molar-refractivity contribution in [1.29, 1.82) is 0 Å². The van der Waals surface area contributed by atoms with Crippen molar-refractivity contribution in [1.82, 2.24) is 5.32 Å². The van der Waals surface area contributed by atoms with Gasteiger partial charge in [-0.15, -0.1) is 0 Å². The van der Waals surface area contributed by atoms with Crippen molar-refractivity contribution in [3.63, 3.8) is 0 Å². The van der Waals surface area contributed by atoms with Crippen LogP contribution < -0.4 is 15.8 Å². The van der Waals surface area contributed by atoms with E-state index in [0.29, 0.717) is 18.9 Å². The third kappa shape index (κ3) is 5.73. The van der Waals surface area contributed by atoms with Crippen LogP contribution in [0, 0.1) is 0 Å². The lowest BCUT2D eigenvalue weighted by atomic mass is 10.0. The summed E-state index contributed by atoms with van der Waals surface area (Å²) in [6, 6.07) is 7.50. The minimum absolute atomic E-state index is 0.0850. The summed E-state index contributed by atoms with van der Waals surface area (Å²) in [6.45, 7) is 4.97. The van der Waals surface area contributed by atoms with E-state index in [0.717, 1.165) is 18.4 Å². The van der Waals surface area contributed by atoms with Gasteiger partial charge in [-0.3, -0.25) is 4.79 Å². The lowest BCUT2D eigenvalue weighted by Crippen LogP contribution is -2.37. The first kappa shape index (κ1) is 17.5. The summed E-state index contributed by atoms with van der Waals surface area (Å²) < 4.78 is 10.7. The summed E-state index contributed by atoms with van der Waals surface area (Å²) in [6.07, 6.45) is 1.04. The predicted molar refractivity (Wildman–Crippen MR) is 83.3 cm³/mol. The molecular formula is C16H26N2O3. The van der Waals surface area contributed by atoms with Gasteiger partial charge in [0.2, 0.25) is 0 Å². The number of carbonyl (C=O) groups is 1.